The summed E-state index contributed by atoms with van der Waals surface area (Å²) in [7, 11) is 0. The van der Waals surface area contributed by atoms with Crippen molar-refractivity contribution in [2.75, 3.05) is 6.61 Å². The van der Waals surface area contributed by atoms with E-state index >= 15 is 0 Å². The van der Waals surface area contributed by atoms with Crippen LogP contribution in [0, 0.1) is 5.41 Å². The molecule has 96 valence electrons. The van der Waals surface area contributed by atoms with Crippen LogP contribution in [0.25, 0.3) is 0 Å². The first-order valence-electron chi connectivity index (χ1n) is 5.65. The normalized spacial score (nSPS) is 30.5. The number of aliphatic hydroxyl groups excluding tert-OH is 2. The minimum absolute atomic E-state index is 0.00622. The molecule has 0 aliphatic heterocycles. The molecular formula is C13H20O4. The quantitative estimate of drug-likeness (QED) is 0.630. The molecule has 0 spiro atoms. The monoisotopic (exact) mass is 240 g/mol. The topological polar surface area (TPSA) is 77.8 Å². The van der Waals surface area contributed by atoms with Gasteiger partial charge in [-0.15, -0.1) is 0 Å². The van der Waals surface area contributed by atoms with E-state index in [2.05, 4.69) is 0 Å². The number of hydrogen-bond acceptors (Lipinski definition) is 4. The van der Waals surface area contributed by atoms with Gasteiger partial charge in [0.05, 0.1) is 12.7 Å². The fourth-order valence-electron chi connectivity index (χ4n) is 2.17. The van der Waals surface area contributed by atoms with E-state index in [0.717, 1.165) is 0 Å². The third kappa shape index (κ3) is 2.65. The maximum absolute atomic E-state index is 11.5. The van der Waals surface area contributed by atoms with Gasteiger partial charge < -0.3 is 15.3 Å². The van der Waals surface area contributed by atoms with Gasteiger partial charge >= 0.3 is 0 Å². The third-order valence-corrected chi connectivity index (χ3v) is 3.37. The lowest BCUT2D eigenvalue weighted by atomic mass is 9.64. The van der Waals surface area contributed by atoms with Crippen LogP contribution in [-0.2, 0) is 4.79 Å². The molecule has 1 aliphatic rings. The molecular weight excluding hydrogens is 220 g/mol. The summed E-state index contributed by atoms with van der Waals surface area (Å²) in [6, 6.07) is 0. The Kier molecular flexibility index (Phi) is 3.91. The van der Waals surface area contributed by atoms with Crippen LogP contribution in [0.3, 0.4) is 0 Å². The molecule has 0 bridgehead atoms. The predicted molar refractivity (Wildman–Crippen MR) is 64.3 cm³/mol. The second kappa shape index (κ2) is 4.72. The first-order chi connectivity index (χ1) is 7.73. The Bertz CT molecular complexity index is 368. The Morgan fingerprint density at radius 3 is 2.59 bits per heavy atom. The average Bonchev–Trinajstić information content (AvgIpc) is 2.22. The second-order valence-corrected chi connectivity index (χ2v) is 5.23. The van der Waals surface area contributed by atoms with Crippen molar-refractivity contribution in [1.82, 2.24) is 0 Å². The molecule has 0 saturated heterocycles. The Morgan fingerprint density at radius 1 is 1.53 bits per heavy atom. The van der Waals surface area contributed by atoms with Crippen LogP contribution in [0.15, 0.2) is 23.8 Å². The Morgan fingerprint density at radius 2 is 2.12 bits per heavy atom. The van der Waals surface area contributed by atoms with Gasteiger partial charge in [0.2, 0.25) is 0 Å². The molecule has 0 radical (unpaired) electrons. The molecule has 2 unspecified atom stereocenters. The van der Waals surface area contributed by atoms with Crippen molar-refractivity contribution in [3.63, 3.8) is 0 Å². The van der Waals surface area contributed by atoms with Crippen LogP contribution in [0.1, 0.15) is 27.2 Å². The highest BCUT2D eigenvalue weighted by atomic mass is 16.3. The molecule has 0 aromatic carbocycles. The van der Waals surface area contributed by atoms with Crippen LogP contribution in [0.5, 0.6) is 0 Å². The van der Waals surface area contributed by atoms with Crippen LogP contribution >= 0.6 is 0 Å². The summed E-state index contributed by atoms with van der Waals surface area (Å²) in [5.41, 5.74) is -1.34. The average molecular weight is 240 g/mol. The van der Waals surface area contributed by atoms with Crippen molar-refractivity contribution >= 4 is 5.78 Å². The minimum atomic E-state index is -1.27. The van der Waals surface area contributed by atoms with Gasteiger partial charge in [-0.05, 0) is 24.6 Å². The van der Waals surface area contributed by atoms with Gasteiger partial charge in [-0.25, -0.2) is 0 Å². The number of carbonyl (C=O) groups excluding carboxylic acids is 1. The summed E-state index contributed by atoms with van der Waals surface area (Å²) in [6.45, 7) is 4.90. The highest BCUT2D eigenvalue weighted by molar-refractivity contribution is 5.92. The smallest absolute Gasteiger partial charge is 0.156 e. The third-order valence-electron chi connectivity index (χ3n) is 3.37. The zero-order chi connectivity index (χ0) is 13.3. The van der Waals surface area contributed by atoms with Gasteiger partial charge in [0.1, 0.15) is 5.60 Å². The molecule has 4 heteroatoms. The zero-order valence-electron chi connectivity index (χ0n) is 10.5. The minimum Gasteiger partial charge on any atom is -0.393 e. The van der Waals surface area contributed by atoms with E-state index in [1.54, 1.807) is 20.8 Å². The van der Waals surface area contributed by atoms with Gasteiger partial charge in [0.25, 0.3) is 0 Å². The molecule has 4 nitrogen and oxygen atoms in total. The largest absolute Gasteiger partial charge is 0.393 e. The van der Waals surface area contributed by atoms with Crippen molar-refractivity contribution in [1.29, 1.82) is 0 Å². The molecule has 3 N–H and O–H groups in total. The Hall–Kier alpha value is -0.970. The molecule has 0 saturated carbocycles. The molecule has 0 heterocycles. The SMILES string of the molecule is CC1=CC(=O)CC(C)(C)C1(O)/C=C/C(O)CO. The van der Waals surface area contributed by atoms with Gasteiger partial charge in [0.15, 0.2) is 5.78 Å². The summed E-state index contributed by atoms with van der Waals surface area (Å²) in [6.07, 6.45) is 3.50. The zero-order valence-corrected chi connectivity index (χ0v) is 10.5. The van der Waals surface area contributed by atoms with Crippen molar-refractivity contribution in [2.24, 2.45) is 5.41 Å². The number of aliphatic hydroxyl groups is 3. The maximum atomic E-state index is 11.5. The number of rotatable bonds is 3. The van der Waals surface area contributed by atoms with E-state index in [0.29, 0.717) is 5.57 Å². The summed E-state index contributed by atoms with van der Waals surface area (Å²) in [5.74, 6) is -0.00622. The van der Waals surface area contributed by atoms with Crippen molar-refractivity contribution < 1.29 is 20.1 Å². The van der Waals surface area contributed by atoms with E-state index in [1.807, 2.05) is 0 Å². The molecule has 0 aromatic rings. The number of allylic oxidation sites excluding steroid dienone is 1. The lowest BCUT2D eigenvalue weighted by Crippen LogP contribution is -2.48. The van der Waals surface area contributed by atoms with Gasteiger partial charge in [-0.1, -0.05) is 19.9 Å². The van der Waals surface area contributed by atoms with Crippen molar-refractivity contribution in [3.8, 4) is 0 Å². The lowest BCUT2D eigenvalue weighted by molar-refractivity contribution is -0.121. The van der Waals surface area contributed by atoms with E-state index < -0.39 is 23.7 Å². The van der Waals surface area contributed by atoms with E-state index in [1.165, 1.54) is 18.2 Å². The molecule has 17 heavy (non-hydrogen) atoms. The lowest BCUT2D eigenvalue weighted by Gasteiger charge is -2.44. The maximum Gasteiger partial charge on any atom is 0.156 e. The van der Waals surface area contributed by atoms with Crippen molar-refractivity contribution in [3.05, 3.63) is 23.8 Å². The predicted octanol–water partition coefficient (Wildman–Crippen LogP) is 0.572. The summed E-state index contributed by atoms with van der Waals surface area (Å²) < 4.78 is 0. The first kappa shape index (κ1) is 14.1. The fourth-order valence-corrected chi connectivity index (χ4v) is 2.17. The molecule has 0 fully saturated rings. The Labute approximate surface area is 101 Å². The van der Waals surface area contributed by atoms with Crippen LogP contribution in [0.2, 0.25) is 0 Å². The molecule has 0 amide bonds. The summed E-state index contributed by atoms with van der Waals surface area (Å²) in [4.78, 5) is 11.5. The van der Waals surface area contributed by atoms with Gasteiger partial charge in [-0.3, -0.25) is 4.79 Å². The Balaban J connectivity index is 3.10. The summed E-state index contributed by atoms with van der Waals surface area (Å²) >= 11 is 0. The first-order valence-corrected chi connectivity index (χ1v) is 5.65. The number of ketones is 1. The molecule has 2 atom stereocenters. The molecule has 1 rings (SSSR count). The van der Waals surface area contributed by atoms with Gasteiger partial charge in [0, 0.05) is 11.8 Å². The second-order valence-electron chi connectivity index (χ2n) is 5.23. The van der Waals surface area contributed by atoms with Gasteiger partial charge in [-0.2, -0.15) is 0 Å². The van der Waals surface area contributed by atoms with E-state index in [-0.39, 0.29) is 12.2 Å². The molecule has 1 aliphatic carbocycles. The number of hydrogen-bond donors (Lipinski definition) is 3. The van der Waals surface area contributed by atoms with E-state index in [9.17, 15) is 15.0 Å². The van der Waals surface area contributed by atoms with E-state index in [4.69, 9.17) is 5.11 Å². The summed E-state index contributed by atoms with van der Waals surface area (Å²) in [5, 5.41) is 28.6. The van der Waals surface area contributed by atoms with Crippen LogP contribution < -0.4 is 0 Å². The highest BCUT2D eigenvalue weighted by Gasteiger charge is 2.46. The van der Waals surface area contributed by atoms with Crippen LogP contribution in [-0.4, -0.2) is 39.4 Å². The standard InChI is InChI=1S/C13H20O4/c1-9-6-11(16)7-12(2,3)13(9,17)5-4-10(15)8-14/h4-6,10,14-15,17H,7-8H2,1-3H3/b5-4+. The fraction of sp³-hybridized carbons (Fsp3) is 0.615. The van der Waals surface area contributed by atoms with Crippen molar-refractivity contribution in [2.45, 2.75) is 38.9 Å². The highest BCUT2D eigenvalue weighted by Crippen LogP contribution is 2.44. The number of carbonyl (C=O) groups is 1. The van der Waals surface area contributed by atoms with Crippen LogP contribution in [0.4, 0.5) is 0 Å². The molecule has 0 aromatic heterocycles.